The molecule has 4 nitrogen and oxygen atoms in total. The van der Waals surface area contributed by atoms with Crippen molar-refractivity contribution >= 4 is 38.2 Å². The SMILES string of the molecule is CN(C(=O)C(O)CN)c1ccc(Br)s1. The van der Waals surface area contributed by atoms with E-state index in [1.807, 2.05) is 6.07 Å². The molecule has 0 aliphatic heterocycles. The molecule has 3 N–H and O–H groups in total. The molecule has 1 amide bonds. The smallest absolute Gasteiger partial charge is 0.257 e. The predicted molar refractivity (Wildman–Crippen MR) is 60.5 cm³/mol. The van der Waals surface area contributed by atoms with Gasteiger partial charge in [-0.1, -0.05) is 0 Å². The summed E-state index contributed by atoms with van der Waals surface area (Å²) in [6.45, 7) is -0.0598. The quantitative estimate of drug-likeness (QED) is 0.859. The van der Waals surface area contributed by atoms with Gasteiger partial charge in [-0.05, 0) is 28.1 Å². The summed E-state index contributed by atoms with van der Waals surface area (Å²) in [5.74, 6) is -0.387. The van der Waals surface area contributed by atoms with Crippen molar-refractivity contribution in [2.45, 2.75) is 6.10 Å². The van der Waals surface area contributed by atoms with Crippen LogP contribution < -0.4 is 10.6 Å². The molecule has 6 heteroatoms. The average Bonchev–Trinajstić information content (AvgIpc) is 2.61. The van der Waals surface area contributed by atoms with Crippen molar-refractivity contribution in [2.75, 3.05) is 18.5 Å². The van der Waals surface area contributed by atoms with Crippen LogP contribution in [0.15, 0.2) is 15.9 Å². The Kier molecular flexibility index (Phi) is 4.06. The molecule has 0 spiro atoms. The van der Waals surface area contributed by atoms with Crippen LogP contribution >= 0.6 is 27.3 Å². The number of hydrogen-bond donors (Lipinski definition) is 2. The number of hydrogen-bond acceptors (Lipinski definition) is 4. The van der Waals surface area contributed by atoms with Crippen molar-refractivity contribution in [1.29, 1.82) is 0 Å². The highest BCUT2D eigenvalue weighted by Crippen LogP contribution is 2.29. The van der Waals surface area contributed by atoms with E-state index in [1.165, 1.54) is 16.2 Å². The maximum absolute atomic E-state index is 11.5. The highest BCUT2D eigenvalue weighted by Gasteiger charge is 2.19. The van der Waals surface area contributed by atoms with Gasteiger partial charge in [-0.2, -0.15) is 0 Å². The summed E-state index contributed by atoms with van der Waals surface area (Å²) in [7, 11) is 1.61. The summed E-state index contributed by atoms with van der Waals surface area (Å²) in [5, 5.41) is 10.0. The van der Waals surface area contributed by atoms with Crippen LogP contribution in [0.1, 0.15) is 0 Å². The number of carbonyl (C=O) groups excluding carboxylic acids is 1. The maximum Gasteiger partial charge on any atom is 0.257 e. The van der Waals surface area contributed by atoms with E-state index in [1.54, 1.807) is 13.1 Å². The Hall–Kier alpha value is -0.430. The van der Waals surface area contributed by atoms with Gasteiger partial charge in [0.25, 0.3) is 5.91 Å². The second kappa shape index (κ2) is 4.88. The maximum atomic E-state index is 11.5. The van der Waals surface area contributed by atoms with Crippen LogP contribution in [0.25, 0.3) is 0 Å². The summed E-state index contributed by atoms with van der Waals surface area (Å²) in [6.07, 6.45) is -1.12. The number of rotatable bonds is 3. The fourth-order valence-corrected chi connectivity index (χ4v) is 2.25. The first-order chi connectivity index (χ1) is 6.56. The van der Waals surface area contributed by atoms with Crippen molar-refractivity contribution in [2.24, 2.45) is 5.73 Å². The molecule has 78 valence electrons. The number of thiophene rings is 1. The zero-order valence-corrected chi connectivity index (χ0v) is 10.0. The van der Waals surface area contributed by atoms with Gasteiger partial charge in [0.1, 0.15) is 6.10 Å². The monoisotopic (exact) mass is 278 g/mol. The minimum Gasteiger partial charge on any atom is -0.382 e. The number of nitrogens with zero attached hydrogens (tertiary/aromatic N) is 1. The third kappa shape index (κ3) is 2.54. The van der Waals surface area contributed by atoms with Gasteiger partial charge in [0.15, 0.2) is 0 Å². The second-order valence-corrected chi connectivity index (χ2v) is 5.17. The first kappa shape index (κ1) is 11.6. The van der Waals surface area contributed by atoms with Gasteiger partial charge in [-0.15, -0.1) is 11.3 Å². The van der Waals surface area contributed by atoms with Crippen LogP contribution in [-0.4, -0.2) is 30.7 Å². The summed E-state index contributed by atoms with van der Waals surface area (Å²) in [5.41, 5.74) is 5.19. The van der Waals surface area contributed by atoms with Gasteiger partial charge in [0.05, 0.1) is 8.79 Å². The lowest BCUT2D eigenvalue weighted by atomic mass is 10.3. The van der Waals surface area contributed by atoms with Gasteiger partial charge in [0, 0.05) is 13.6 Å². The third-order valence-electron chi connectivity index (χ3n) is 1.73. The number of halogens is 1. The summed E-state index contributed by atoms with van der Waals surface area (Å²) >= 11 is 4.72. The normalized spacial score (nSPS) is 12.6. The van der Waals surface area contributed by atoms with Gasteiger partial charge in [-0.3, -0.25) is 4.79 Å². The van der Waals surface area contributed by atoms with Crippen LogP contribution in [0.3, 0.4) is 0 Å². The second-order valence-electron chi connectivity index (χ2n) is 2.73. The van der Waals surface area contributed by atoms with Gasteiger partial charge in [0.2, 0.25) is 0 Å². The van der Waals surface area contributed by atoms with Crippen LogP contribution in [0.4, 0.5) is 5.00 Å². The Balaban J connectivity index is 2.75. The average molecular weight is 279 g/mol. The summed E-state index contributed by atoms with van der Waals surface area (Å²) in [6, 6.07) is 3.65. The first-order valence-electron chi connectivity index (χ1n) is 3.97. The lowest BCUT2D eigenvalue weighted by Crippen LogP contribution is -2.40. The van der Waals surface area contributed by atoms with Crippen LogP contribution in [0, 0.1) is 0 Å². The Bertz CT molecular complexity index is 329. The molecule has 0 saturated heterocycles. The Morgan fingerprint density at radius 1 is 1.79 bits per heavy atom. The Labute approximate surface area is 94.5 Å². The number of anilines is 1. The minimum absolute atomic E-state index is 0.0598. The Morgan fingerprint density at radius 2 is 2.43 bits per heavy atom. The fraction of sp³-hybridized carbons (Fsp3) is 0.375. The molecule has 1 heterocycles. The molecule has 1 aromatic rings. The third-order valence-corrected chi connectivity index (χ3v) is 3.43. The van der Waals surface area contributed by atoms with Crippen molar-refractivity contribution < 1.29 is 9.90 Å². The van der Waals surface area contributed by atoms with E-state index in [-0.39, 0.29) is 12.5 Å². The molecule has 0 radical (unpaired) electrons. The van der Waals surface area contributed by atoms with E-state index < -0.39 is 6.10 Å². The van der Waals surface area contributed by atoms with E-state index in [0.29, 0.717) is 0 Å². The molecule has 0 aliphatic rings. The largest absolute Gasteiger partial charge is 0.382 e. The molecule has 0 bridgehead atoms. The number of aliphatic hydroxyl groups is 1. The highest BCUT2D eigenvalue weighted by molar-refractivity contribution is 9.11. The predicted octanol–water partition coefficient (Wildman–Crippen LogP) is 0.793. The molecule has 0 saturated carbocycles. The summed E-state index contributed by atoms with van der Waals surface area (Å²) < 4.78 is 0.939. The summed E-state index contributed by atoms with van der Waals surface area (Å²) in [4.78, 5) is 12.9. The standard InChI is InChI=1S/C8H11BrN2O2S/c1-11(8(13)5(12)4-10)7-3-2-6(9)14-7/h2-3,5,12H,4,10H2,1H3. The van der Waals surface area contributed by atoms with Gasteiger partial charge in [-0.25, -0.2) is 0 Å². The van der Waals surface area contributed by atoms with Crippen LogP contribution in [0.5, 0.6) is 0 Å². The molecular formula is C8H11BrN2O2S. The van der Waals surface area contributed by atoms with E-state index in [0.717, 1.165) is 8.79 Å². The number of aliphatic hydroxyl groups excluding tert-OH is 1. The van der Waals surface area contributed by atoms with Crippen molar-refractivity contribution in [3.8, 4) is 0 Å². The van der Waals surface area contributed by atoms with E-state index in [9.17, 15) is 9.90 Å². The van der Waals surface area contributed by atoms with Crippen molar-refractivity contribution in [3.05, 3.63) is 15.9 Å². The number of carbonyl (C=O) groups is 1. The minimum atomic E-state index is -1.12. The molecule has 1 atom stereocenters. The number of likely N-dealkylation sites (N-methyl/N-ethyl adjacent to an activating group) is 1. The molecule has 1 aromatic heterocycles. The zero-order chi connectivity index (χ0) is 10.7. The Morgan fingerprint density at radius 3 is 2.86 bits per heavy atom. The number of amides is 1. The van der Waals surface area contributed by atoms with Gasteiger partial charge >= 0.3 is 0 Å². The lowest BCUT2D eigenvalue weighted by Gasteiger charge is -2.17. The van der Waals surface area contributed by atoms with E-state index >= 15 is 0 Å². The van der Waals surface area contributed by atoms with Gasteiger partial charge < -0.3 is 15.7 Å². The van der Waals surface area contributed by atoms with Crippen LogP contribution in [-0.2, 0) is 4.79 Å². The highest BCUT2D eigenvalue weighted by atomic mass is 79.9. The fourth-order valence-electron chi connectivity index (χ4n) is 0.918. The topological polar surface area (TPSA) is 66.6 Å². The lowest BCUT2D eigenvalue weighted by molar-refractivity contribution is -0.125. The van der Waals surface area contributed by atoms with E-state index in [2.05, 4.69) is 15.9 Å². The molecule has 0 aliphatic carbocycles. The zero-order valence-electron chi connectivity index (χ0n) is 7.61. The van der Waals surface area contributed by atoms with Crippen molar-refractivity contribution in [1.82, 2.24) is 0 Å². The van der Waals surface area contributed by atoms with E-state index in [4.69, 9.17) is 5.73 Å². The van der Waals surface area contributed by atoms with Crippen molar-refractivity contribution in [3.63, 3.8) is 0 Å². The first-order valence-corrected chi connectivity index (χ1v) is 5.58. The molecular weight excluding hydrogens is 268 g/mol. The molecule has 0 aromatic carbocycles. The molecule has 1 unspecified atom stereocenters. The molecule has 0 fully saturated rings. The molecule has 14 heavy (non-hydrogen) atoms. The van der Waals surface area contributed by atoms with Crippen LogP contribution in [0.2, 0.25) is 0 Å². The number of nitrogens with two attached hydrogens (primary N) is 1. The molecule has 1 rings (SSSR count).